The van der Waals surface area contributed by atoms with Gasteiger partial charge < -0.3 is 10.6 Å². The van der Waals surface area contributed by atoms with Crippen LogP contribution in [0.2, 0.25) is 0 Å². The normalized spacial score (nSPS) is 19.1. The maximum Gasteiger partial charge on any atom is 0.162 e. The van der Waals surface area contributed by atoms with Gasteiger partial charge in [0.15, 0.2) is 5.78 Å². The van der Waals surface area contributed by atoms with Gasteiger partial charge in [0.1, 0.15) is 0 Å². The molecule has 82 valence electrons. The molecule has 1 aromatic carbocycles. The lowest BCUT2D eigenvalue weighted by molar-refractivity contribution is -0.116. The van der Waals surface area contributed by atoms with Crippen LogP contribution in [0.1, 0.15) is 19.3 Å². The third-order valence-corrected chi connectivity index (χ3v) is 3.20. The molecule has 1 aliphatic carbocycles. The number of hydrogen-bond acceptors (Lipinski definition) is 3. The first-order chi connectivity index (χ1) is 7.84. The van der Waals surface area contributed by atoms with Gasteiger partial charge in [0.25, 0.3) is 0 Å². The standard InChI is InChI=1S/C13H14N2O/c16-13-7-3-6-10-9(13)8-14-11-4-1-2-5-12(11)15-10/h1-2,4-5,14-15H,3,6-8H2. The molecule has 0 amide bonds. The Morgan fingerprint density at radius 2 is 1.88 bits per heavy atom. The molecule has 1 aliphatic heterocycles. The van der Waals surface area contributed by atoms with Crippen molar-refractivity contribution in [2.45, 2.75) is 19.3 Å². The van der Waals surface area contributed by atoms with E-state index in [1.165, 1.54) is 0 Å². The first kappa shape index (κ1) is 9.46. The van der Waals surface area contributed by atoms with Crippen LogP contribution in [0.15, 0.2) is 35.5 Å². The summed E-state index contributed by atoms with van der Waals surface area (Å²) in [6, 6.07) is 8.08. The highest BCUT2D eigenvalue weighted by atomic mass is 16.1. The molecule has 0 spiro atoms. The van der Waals surface area contributed by atoms with Crippen molar-refractivity contribution in [3.8, 4) is 0 Å². The van der Waals surface area contributed by atoms with Crippen LogP contribution < -0.4 is 10.6 Å². The maximum absolute atomic E-state index is 11.8. The number of anilines is 2. The fraction of sp³-hybridized carbons (Fsp3) is 0.308. The first-order valence-electron chi connectivity index (χ1n) is 5.70. The number of allylic oxidation sites excluding steroid dienone is 1. The van der Waals surface area contributed by atoms with Crippen molar-refractivity contribution < 1.29 is 4.79 Å². The summed E-state index contributed by atoms with van der Waals surface area (Å²) in [4.78, 5) is 11.8. The zero-order valence-electron chi connectivity index (χ0n) is 9.05. The van der Waals surface area contributed by atoms with Crippen LogP contribution in [0.3, 0.4) is 0 Å². The summed E-state index contributed by atoms with van der Waals surface area (Å²) in [7, 11) is 0. The third-order valence-electron chi connectivity index (χ3n) is 3.20. The van der Waals surface area contributed by atoms with E-state index in [0.29, 0.717) is 13.0 Å². The molecule has 16 heavy (non-hydrogen) atoms. The highest BCUT2D eigenvalue weighted by Crippen LogP contribution is 2.31. The second kappa shape index (κ2) is 3.67. The minimum Gasteiger partial charge on any atom is -0.379 e. The van der Waals surface area contributed by atoms with Crippen molar-refractivity contribution in [2.24, 2.45) is 0 Å². The van der Waals surface area contributed by atoms with Crippen LogP contribution in [0, 0.1) is 0 Å². The number of ketones is 1. The fourth-order valence-corrected chi connectivity index (χ4v) is 2.33. The predicted molar refractivity (Wildman–Crippen MR) is 64.4 cm³/mol. The van der Waals surface area contributed by atoms with Crippen molar-refractivity contribution >= 4 is 17.2 Å². The monoisotopic (exact) mass is 214 g/mol. The van der Waals surface area contributed by atoms with E-state index in [9.17, 15) is 4.79 Å². The van der Waals surface area contributed by atoms with Crippen molar-refractivity contribution in [3.05, 3.63) is 35.5 Å². The molecular formula is C13H14N2O. The summed E-state index contributed by atoms with van der Waals surface area (Å²) in [5.41, 5.74) is 4.18. The fourth-order valence-electron chi connectivity index (χ4n) is 2.33. The first-order valence-corrected chi connectivity index (χ1v) is 5.70. The van der Waals surface area contributed by atoms with Crippen LogP contribution >= 0.6 is 0 Å². The molecule has 3 heteroatoms. The molecule has 0 bridgehead atoms. The molecule has 0 saturated carbocycles. The minimum atomic E-state index is 0.286. The van der Waals surface area contributed by atoms with Crippen molar-refractivity contribution in [2.75, 3.05) is 17.2 Å². The SMILES string of the molecule is O=C1CCCC2=C1CNc1ccccc1N2. The number of Topliss-reactive ketones (excluding diaryl/α,β-unsaturated/α-hetero) is 1. The molecule has 3 nitrogen and oxygen atoms in total. The zero-order valence-corrected chi connectivity index (χ0v) is 9.05. The number of carbonyl (C=O) groups is 1. The summed E-state index contributed by atoms with van der Waals surface area (Å²) in [5, 5.41) is 6.70. The van der Waals surface area contributed by atoms with Gasteiger partial charge >= 0.3 is 0 Å². The summed E-state index contributed by atoms with van der Waals surface area (Å²) in [5.74, 6) is 0.286. The predicted octanol–water partition coefficient (Wildman–Crippen LogP) is 2.53. The van der Waals surface area contributed by atoms with E-state index in [4.69, 9.17) is 0 Å². The molecule has 3 rings (SSSR count). The number of para-hydroxylation sites is 2. The Morgan fingerprint density at radius 1 is 1.06 bits per heavy atom. The second-order valence-corrected chi connectivity index (χ2v) is 4.26. The Balaban J connectivity index is 2.01. The average Bonchev–Trinajstić information content (AvgIpc) is 2.48. The second-order valence-electron chi connectivity index (χ2n) is 4.26. The summed E-state index contributed by atoms with van der Waals surface area (Å²) in [6.07, 6.45) is 2.64. The molecule has 0 unspecified atom stereocenters. The largest absolute Gasteiger partial charge is 0.379 e. The molecule has 1 heterocycles. The van der Waals surface area contributed by atoms with E-state index in [1.807, 2.05) is 24.3 Å². The number of nitrogens with one attached hydrogen (secondary N) is 2. The lowest BCUT2D eigenvalue weighted by Gasteiger charge is -2.17. The summed E-state index contributed by atoms with van der Waals surface area (Å²) < 4.78 is 0. The Hall–Kier alpha value is -1.77. The van der Waals surface area contributed by atoms with E-state index < -0.39 is 0 Å². The Labute approximate surface area is 94.5 Å². The quantitative estimate of drug-likeness (QED) is 0.697. The van der Waals surface area contributed by atoms with Crippen LogP contribution in [-0.4, -0.2) is 12.3 Å². The number of rotatable bonds is 0. The average molecular weight is 214 g/mol. The topological polar surface area (TPSA) is 41.1 Å². The van der Waals surface area contributed by atoms with E-state index in [0.717, 1.165) is 35.5 Å². The molecule has 0 fully saturated rings. The number of benzene rings is 1. The maximum atomic E-state index is 11.8. The van der Waals surface area contributed by atoms with Crippen LogP contribution in [0.4, 0.5) is 11.4 Å². The third kappa shape index (κ3) is 1.48. The highest BCUT2D eigenvalue weighted by Gasteiger charge is 2.23. The number of hydrogen-bond donors (Lipinski definition) is 2. The van der Waals surface area contributed by atoms with Crippen LogP contribution in [0.5, 0.6) is 0 Å². The van der Waals surface area contributed by atoms with Gasteiger partial charge in [-0.1, -0.05) is 12.1 Å². The molecule has 1 aromatic rings. The van der Waals surface area contributed by atoms with Gasteiger partial charge in [-0.3, -0.25) is 4.79 Å². The Bertz CT molecular complexity index is 477. The van der Waals surface area contributed by atoms with E-state index in [-0.39, 0.29) is 5.78 Å². The summed E-state index contributed by atoms with van der Waals surface area (Å²) in [6.45, 7) is 0.651. The lowest BCUT2D eigenvalue weighted by Crippen LogP contribution is -2.19. The molecule has 0 atom stereocenters. The Kier molecular flexibility index (Phi) is 2.17. The Morgan fingerprint density at radius 3 is 2.75 bits per heavy atom. The number of fused-ring (bicyclic) bond motifs is 1. The molecule has 2 N–H and O–H groups in total. The van der Waals surface area contributed by atoms with Gasteiger partial charge in [0.2, 0.25) is 0 Å². The van der Waals surface area contributed by atoms with Gasteiger partial charge in [0, 0.05) is 24.2 Å². The minimum absolute atomic E-state index is 0.286. The smallest absolute Gasteiger partial charge is 0.162 e. The van der Waals surface area contributed by atoms with E-state index >= 15 is 0 Å². The molecule has 0 saturated heterocycles. The van der Waals surface area contributed by atoms with Gasteiger partial charge in [-0.05, 0) is 25.0 Å². The molecule has 0 aromatic heterocycles. The van der Waals surface area contributed by atoms with Gasteiger partial charge in [-0.2, -0.15) is 0 Å². The lowest BCUT2D eigenvalue weighted by atomic mass is 9.95. The van der Waals surface area contributed by atoms with Gasteiger partial charge in [-0.15, -0.1) is 0 Å². The summed E-state index contributed by atoms with van der Waals surface area (Å²) >= 11 is 0. The zero-order chi connectivity index (χ0) is 11.0. The highest BCUT2D eigenvalue weighted by molar-refractivity contribution is 5.99. The van der Waals surface area contributed by atoms with Crippen LogP contribution in [-0.2, 0) is 4.79 Å². The van der Waals surface area contributed by atoms with Gasteiger partial charge in [0.05, 0.1) is 11.4 Å². The molecule has 2 aliphatic rings. The molecular weight excluding hydrogens is 200 g/mol. The van der Waals surface area contributed by atoms with E-state index in [2.05, 4.69) is 10.6 Å². The van der Waals surface area contributed by atoms with Crippen molar-refractivity contribution in [1.82, 2.24) is 0 Å². The molecule has 0 radical (unpaired) electrons. The van der Waals surface area contributed by atoms with Gasteiger partial charge in [-0.25, -0.2) is 0 Å². The number of carbonyl (C=O) groups excluding carboxylic acids is 1. The van der Waals surface area contributed by atoms with E-state index in [1.54, 1.807) is 0 Å². The van der Waals surface area contributed by atoms with Crippen LogP contribution in [0.25, 0.3) is 0 Å². The van der Waals surface area contributed by atoms with Crippen molar-refractivity contribution in [3.63, 3.8) is 0 Å². The van der Waals surface area contributed by atoms with Crippen molar-refractivity contribution in [1.29, 1.82) is 0 Å².